The zero-order chi connectivity index (χ0) is 27.7. The SMILES string of the molecule is C=C(C)C(=O)OC1CCC(OC(=O)NC2CCC(NC(=O)OC3CCC(OC(=O)C(=C)C)CC3)CC2)CC1. The lowest BCUT2D eigenvalue weighted by Gasteiger charge is -2.32. The van der Waals surface area contributed by atoms with Gasteiger partial charge < -0.3 is 29.6 Å². The van der Waals surface area contributed by atoms with Crippen molar-refractivity contribution in [3.05, 3.63) is 24.3 Å². The summed E-state index contributed by atoms with van der Waals surface area (Å²) in [6.07, 6.45) is 6.69. The van der Waals surface area contributed by atoms with Crippen LogP contribution in [0.4, 0.5) is 9.59 Å². The van der Waals surface area contributed by atoms with Gasteiger partial charge in [0.1, 0.15) is 24.4 Å². The van der Waals surface area contributed by atoms with E-state index >= 15 is 0 Å². The average molecular weight is 535 g/mol. The Balaban J connectivity index is 1.26. The summed E-state index contributed by atoms with van der Waals surface area (Å²) in [6.45, 7) is 10.4. The number of hydrogen-bond acceptors (Lipinski definition) is 8. The van der Waals surface area contributed by atoms with Crippen LogP contribution < -0.4 is 10.6 Å². The molecule has 0 aromatic rings. The van der Waals surface area contributed by atoms with Gasteiger partial charge in [-0.1, -0.05) is 13.2 Å². The van der Waals surface area contributed by atoms with Crippen LogP contribution in [-0.2, 0) is 28.5 Å². The number of esters is 2. The highest BCUT2D eigenvalue weighted by atomic mass is 16.6. The second-order valence-corrected chi connectivity index (χ2v) is 10.8. The topological polar surface area (TPSA) is 129 Å². The van der Waals surface area contributed by atoms with Crippen LogP contribution in [-0.4, -0.2) is 60.6 Å². The highest BCUT2D eigenvalue weighted by Crippen LogP contribution is 2.26. The standard InChI is InChI=1S/C28H42N2O8/c1-17(2)25(31)35-21-9-13-23(14-10-21)37-27(33)29-19-5-7-20(8-6-19)30-28(34)38-24-15-11-22(12-16-24)36-26(32)18(3)4/h19-24H,1,3,5-16H2,2,4H3,(H,29,33)(H,30,34). The van der Waals surface area contributed by atoms with Gasteiger partial charge in [-0.2, -0.15) is 0 Å². The first-order chi connectivity index (χ1) is 18.1. The van der Waals surface area contributed by atoms with Gasteiger partial charge in [0.2, 0.25) is 0 Å². The zero-order valence-corrected chi connectivity index (χ0v) is 22.6. The summed E-state index contributed by atoms with van der Waals surface area (Å²) in [5.74, 6) is -0.757. The van der Waals surface area contributed by atoms with Crippen LogP contribution in [0.3, 0.4) is 0 Å². The maximum absolute atomic E-state index is 12.4. The van der Waals surface area contributed by atoms with Gasteiger partial charge in [-0.25, -0.2) is 19.2 Å². The van der Waals surface area contributed by atoms with E-state index in [4.69, 9.17) is 18.9 Å². The summed E-state index contributed by atoms with van der Waals surface area (Å²) < 4.78 is 21.9. The van der Waals surface area contributed by atoms with Gasteiger partial charge in [0, 0.05) is 23.2 Å². The van der Waals surface area contributed by atoms with Crippen molar-refractivity contribution in [2.45, 2.75) is 127 Å². The lowest BCUT2D eigenvalue weighted by molar-refractivity contribution is -0.147. The van der Waals surface area contributed by atoms with Gasteiger partial charge in [0.05, 0.1) is 0 Å². The largest absolute Gasteiger partial charge is 0.459 e. The molecule has 0 heterocycles. The normalized spacial score (nSPS) is 29.2. The van der Waals surface area contributed by atoms with E-state index in [9.17, 15) is 19.2 Å². The van der Waals surface area contributed by atoms with Crippen LogP contribution in [0, 0.1) is 0 Å². The predicted molar refractivity (Wildman–Crippen MR) is 139 cm³/mol. The van der Waals surface area contributed by atoms with Crippen molar-refractivity contribution in [1.82, 2.24) is 10.6 Å². The molecule has 3 aliphatic rings. The predicted octanol–water partition coefficient (Wildman–Crippen LogP) is 4.61. The fraction of sp³-hybridized carbons (Fsp3) is 0.714. The molecule has 0 aromatic heterocycles. The number of nitrogens with one attached hydrogen (secondary N) is 2. The molecule has 0 saturated heterocycles. The van der Waals surface area contributed by atoms with Crippen molar-refractivity contribution in [2.75, 3.05) is 0 Å². The average Bonchev–Trinajstić information content (AvgIpc) is 2.87. The number of carbonyl (C=O) groups excluding carboxylic acids is 4. The minimum absolute atomic E-state index is 0.00150. The lowest BCUT2D eigenvalue weighted by atomic mass is 9.91. The van der Waals surface area contributed by atoms with E-state index in [2.05, 4.69) is 23.8 Å². The lowest BCUT2D eigenvalue weighted by Crippen LogP contribution is -2.45. The minimum atomic E-state index is -0.423. The summed E-state index contributed by atoms with van der Waals surface area (Å²) in [7, 11) is 0. The molecule has 0 atom stereocenters. The highest BCUT2D eigenvalue weighted by molar-refractivity contribution is 5.87. The molecule has 38 heavy (non-hydrogen) atoms. The summed E-state index contributed by atoms with van der Waals surface area (Å²) in [4.78, 5) is 48.1. The van der Waals surface area contributed by atoms with E-state index in [0.29, 0.717) is 62.5 Å². The number of carbonyl (C=O) groups is 4. The maximum atomic E-state index is 12.4. The van der Waals surface area contributed by atoms with Crippen LogP contribution in [0.2, 0.25) is 0 Å². The van der Waals surface area contributed by atoms with Gasteiger partial charge in [-0.05, 0) is 90.9 Å². The monoisotopic (exact) mass is 534 g/mol. The van der Waals surface area contributed by atoms with Crippen LogP contribution in [0.5, 0.6) is 0 Å². The third kappa shape index (κ3) is 9.68. The third-order valence-corrected chi connectivity index (χ3v) is 7.41. The second-order valence-electron chi connectivity index (χ2n) is 10.8. The molecule has 0 spiro atoms. The van der Waals surface area contributed by atoms with Crippen LogP contribution in [0.25, 0.3) is 0 Å². The van der Waals surface area contributed by atoms with Crippen molar-refractivity contribution in [3.8, 4) is 0 Å². The van der Waals surface area contributed by atoms with E-state index in [-0.39, 0.29) is 48.4 Å². The number of rotatable bonds is 8. The van der Waals surface area contributed by atoms with Gasteiger partial charge >= 0.3 is 24.1 Å². The van der Waals surface area contributed by atoms with E-state index in [0.717, 1.165) is 25.7 Å². The Morgan fingerprint density at radius 2 is 0.763 bits per heavy atom. The van der Waals surface area contributed by atoms with Gasteiger partial charge in [-0.15, -0.1) is 0 Å². The first kappa shape index (κ1) is 29.5. The number of amides is 2. The van der Waals surface area contributed by atoms with Crippen molar-refractivity contribution < 1.29 is 38.1 Å². The minimum Gasteiger partial charge on any atom is -0.459 e. The van der Waals surface area contributed by atoms with Crippen LogP contribution in [0.15, 0.2) is 24.3 Å². The molecule has 2 N–H and O–H groups in total. The molecule has 3 fully saturated rings. The summed E-state index contributed by atoms with van der Waals surface area (Å²) in [5.41, 5.74) is 0.763. The number of ether oxygens (including phenoxy) is 4. The van der Waals surface area contributed by atoms with Gasteiger partial charge in [-0.3, -0.25) is 0 Å². The Morgan fingerprint density at radius 3 is 1.03 bits per heavy atom. The number of alkyl carbamates (subject to hydrolysis) is 2. The molecule has 212 valence electrons. The summed E-state index contributed by atoms with van der Waals surface area (Å²) in [6, 6.07) is 0.00300. The molecule has 0 aromatic carbocycles. The quantitative estimate of drug-likeness (QED) is 0.262. The van der Waals surface area contributed by atoms with Gasteiger partial charge in [0.15, 0.2) is 0 Å². The van der Waals surface area contributed by atoms with Crippen LogP contribution >= 0.6 is 0 Å². The van der Waals surface area contributed by atoms with Crippen LogP contribution in [0.1, 0.15) is 90.9 Å². The Morgan fingerprint density at radius 1 is 0.500 bits per heavy atom. The van der Waals surface area contributed by atoms with E-state index in [1.54, 1.807) is 13.8 Å². The Hall–Kier alpha value is -3.04. The molecular weight excluding hydrogens is 492 g/mol. The third-order valence-electron chi connectivity index (χ3n) is 7.41. The molecule has 0 unspecified atom stereocenters. The smallest absolute Gasteiger partial charge is 0.407 e. The Bertz CT molecular complexity index is 807. The highest BCUT2D eigenvalue weighted by Gasteiger charge is 2.30. The second kappa shape index (κ2) is 14.2. The molecular formula is C28H42N2O8. The van der Waals surface area contributed by atoms with Gasteiger partial charge in [0.25, 0.3) is 0 Å². The first-order valence-corrected chi connectivity index (χ1v) is 13.8. The van der Waals surface area contributed by atoms with E-state index in [1.807, 2.05) is 0 Å². The summed E-state index contributed by atoms with van der Waals surface area (Å²) in [5, 5.41) is 5.89. The molecule has 0 aliphatic heterocycles. The van der Waals surface area contributed by atoms with Crippen molar-refractivity contribution in [3.63, 3.8) is 0 Å². The molecule has 2 amide bonds. The molecule has 3 saturated carbocycles. The van der Waals surface area contributed by atoms with Crippen molar-refractivity contribution in [2.24, 2.45) is 0 Å². The van der Waals surface area contributed by atoms with Crippen molar-refractivity contribution >= 4 is 24.1 Å². The molecule has 0 bridgehead atoms. The first-order valence-electron chi connectivity index (χ1n) is 13.8. The molecule has 10 heteroatoms. The van der Waals surface area contributed by atoms with E-state index < -0.39 is 12.2 Å². The van der Waals surface area contributed by atoms with Crippen molar-refractivity contribution in [1.29, 1.82) is 0 Å². The summed E-state index contributed by atoms with van der Waals surface area (Å²) >= 11 is 0. The Kier molecular flexibility index (Phi) is 11.0. The fourth-order valence-electron chi connectivity index (χ4n) is 5.13. The molecule has 3 aliphatic carbocycles. The maximum Gasteiger partial charge on any atom is 0.407 e. The Labute approximate surface area is 224 Å². The fourth-order valence-corrected chi connectivity index (χ4v) is 5.13. The molecule has 3 rings (SSSR count). The molecule has 0 radical (unpaired) electrons. The van der Waals surface area contributed by atoms with E-state index in [1.165, 1.54) is 0 Å². The molecule has 10 nitrogen and oxygen atoms in total. The number of hydrogen-bond donors (Lipinski definition) is 2. The zero-order valence-electron chi connectivity index (χ0n) is 22.6.